The lowest BCUT2D eigenvalue weighted by atomic mass is 9.94. The Morgan fingerprint density at radius 1 is 1.12 bits per heavy atom. The molecule has 0 amide bonds. The lowest BCUT2D eigenvalue weighted by molar-refractivity contribution is 0.328. The van der Waals surface area contributed by atoms with Gasteiger partial charge in [0, 0.05) is 6.04 Å². The van der Waals surface area contributed by atoms with Crippen LogP contribution in [-0.2, 0) is 4.53 Å². The Balaban J connectivity index is 2.66. The monoisotopic (exact) mass is 272 g/mol. The quantitative estimate of drug-likeness (QED) is 0.627. The molecule has 1 unspecified atom stereocenters. The van der Waals surface area contributed by atoms with E-state index >= 15 is 0 Å². The van der Waals surface area contributed by atoms with E-state index in [9.17, 15) is 0 Å². The summed E-state index contributed by atoms with van der Waals surface area (Å²) >= 11 is 0. The molecule has 3 nitrogen and oxygen atoms in total. The van der Waals surface area contributed by atoms with Crippen molar-refractivity contribution in [2.75, 3.05) is 0 Å². The van der Waals surface area contributed by atoms with E-state index < -0.39 is 16.6 Å². The summed E-state index contributed by atoms with van der Waals surface area (Å²) in [6.45, 7) is 13.6. The summed E-state index contributed by atoms with van der Waals surface area (Å²) in [5.74, 6) is 0. The van der Waals surface area contributed by atoms with Crippen molar-refractivity contribution in [2.45, 2.75) is 71.0 Å². The van der Waals surface area contributed by atoms with Crippen molar-refractivity contribution < 1.29 is 4.53 Å². The van der Waals surface area contributed by atoms with Gasteiger partial charge in [0.15, 0.2) is 0 Å². The minimum absolute atomic E-state index is 0.465. The van der Waals surface area contributed by atoms with Crippen LogP contribution in [0.15, 0.2) is 5.16 Å². The van der Waals surface area contributed by atoms with E-state index in [0.717, 1.165) is 6.42 Å². The van der Waals surface area contributed by atoms with Crippen LogP contribution in [-0.4, -0.2) is 28.3 Å². The topological polar surface area (TPSA) is 33.6 Å². The van der Waals surface area contributed by atoms with Crippen molar-refractivity contribution in [3.05, 3.63) is 0 Å². The number of hydrogen-bond acceptors (Lipinski definition) is 3. The van der Waals surface area contributed by atoms with Crippen LogP contribution in [0.2, 0.25) is 39.3 Å². The number of rotatable bonds is 4. The van der Waals surface area contributed by atoms with E-state index in [0.29, 0.717) is 6.04 Å². The maximum absolute atomic E-state index is 5.72. The van der Waals surface area contributed by atoms with Crippen molar-refractivity contribution in [3.63, 3.8) is 0 Å². The first kappa shape index (κ1) is 14.9. The highest BCUT2D eigenvalue weighted by Crippen LogP contribution is 2.18. The van der Waals surface area contributed by atoms with Gasteiger partial charge in [-0.15, -0.1) is 5.16 Å². The predicted molar refractivity (Wildman–Crippen MR) is 80.6 cm³/mol. The largest absolute Gasteiger partial charge is 0.456 e. The van der Waals surface area contributed by atoms with Crippen LogP contribution in [0.3, 0.4) is 0 Å². The SMILES string of the molecule is C[Si](C)(C)NC1CCCCC1=NO[Si](C)(C)C. The molecule has 100 valence electrons. The zero-order chi connectivity index (χ0) is 13.1. The molecule has 0 saturated heterocycles. The van der Waals surface area contributed by atoms with Crippen molar-refractivity contribution in [1.29, 1.82) is 0 Å². The van der Waals surface area contributed by atoms with Gasteiger partial charge in [0.2, 0.25) is 0 Å². The summed E-state index contributed by atoms with van der Waals surface area (Å²) in [5.41, 5.74) is 1.25. The van der Waals surface area contributed by atoms with Gasteiger partial charge in [-0.05, 0) is 38.9 Å². The molecule has 5 heteroatoms. The highest BCUT2D eigenvalue weighted by Gasteiger charge is 2.27. The van der Waals surface area contributed by atoms with Gasteiger partial charge in [0.05, 0.1) is 5.71 Å². The maximum Gasteiger partial charge on any atom is 0.278 e. The molecule has 17 heavy (non-hydrogen) atoms. The van der Waals surface area contributed by atoms with E-state index in [-0.39, 0.29) is 0 Å². The highest BCUT2D eigenvalue weighted by molar-refractivity contribution is 6.73. The van der Waals surface area contributed by atoms with Crippen LogP contribution in [0.4, 0.5) is 0 Å². The van der Waals surface area contributed by atoms with Gasteiger partial charge < -0.3 is 9.51 Å². The van der Waals surface area contributed by atoms with Gasteiger partial charge in [-0.3, -0.25) is 0 Å². The molecule has 0 bridgehead atoms. The molecule has 0 aliphatic heterocycles. The van der Waals surface area contributed by atoms with Crippen LogP contribution in [0.1, 0.15) is 25.7 Å². The van der Waals surface area contributed by atoms with E-state index in [2.05, 4.69) is 49.4 Å². The summed E-state index contributed by atoms with van der Waals surface area (Å²) in [7, 11) is -2.77. The molecule has 0 aromatic heterocycles. The number of hydrogen-bond donors (Lipinski definition) is 1. The number of nitrogens with zero attached hydrogens (tertiary/aromatic N) is 1. The molecule has 1 rings (SSSR count). The lowest BCUT2D eigenvalue weighted by Gasteiger charge is -2.31. The summed E-state index contributed by atoms with van der Waals surface area (Å²) in [5, 5.41) is 4.46. The summed E-state index contributed by atoms with van der Waals surface area (Å²) in [4.78, 5) is 3.79. The number of nitrogens with one attached hydrogen (secondary N) is 1. The fourth-order valence-corrected chi connectivity index (χ4v) is 3.73. The third kappa shape index (κ3) is 6.38. The molecule has 1 fully saturated rings. The highest BCUT2D eigenvalue weighted by atomic mass is 28.4. The number of oxime groups is 1. The normalized spacial score (nSPS) is 25.1. The molecule has 0 spiro atoms. The van der Waals surface area contributed by atoms with Gasteiger partial charge in [-0.1, -0.05) is 26.1 Å². The Kier molecular flexibility index (Phi) is 4.98. The van der Waals surface area contributed by atoms with Crippen molar-refractivity contribution in [3.8, 4) is 0 Å². The Labute approximate surface area is 108 Å². The molecule has 0 aromatic carbocycles. The average molecular weight is 273 g/mol. The van der Waals surface area contributed by atoms with Crippen LogP contribution < -0.4 is 4.98 Å². The third-order valence-corrected chi connectivity index (χ3v) is 4.48. The van der Waals surface area contributed by atoms with E-state index in [1.165, 1.54) is 25.0 Å². The average Bonchev–Trinajstić information content (AvgIpc) is 2.12. The standard InChI is InChI=1S/C12H28N2OSi2/c1-16(2,3)14-12-10-8-7-9-11(12)13-15-17(4,5)6/h12,14H,7-10H2,1-6H3. The molecule has 0 radical (unpaired) electrons. The van der Waals surface area contributed by atoms with E-state index in [4.69, 9.17) is 4.53 Å². The second-order valence-corrected chi connectivity index (χ2v) is 16.2. The molecule has 1 atom stereocenters. The van der Waals surface area contributed by atoms with Crippen molar-refractivity contribution in [1.82, 2.24) is 4.98 Å². The molecule has 1 saturated carbocycles. The van der Waals surface area contributed by atoms with Gasteiger partial charge in [-0.2, -0.15) is 0 Å². The smallest absolute Gasteiger partial charge is 0.278 e. The van der Waals surface area contributed by atoms with Crippen molar-refractivity contribution in [2.24, 2.45) is 5.16 Å². The fraction of sp³-hybridized carbons (Fsp3) is 0.917. The van der Waals surface area contributed by atoms with Gasteiger partial charge in [0.1, 0.15) is 8.24 Å². The van der Waals surface area contributed by atoms with E-state index in [1.54, 1.807) is 0 Å². The predicted octanol–water partition coefficient (Wildman–Crippen LogP) is 3.56. The van der Waals surface area contributed by atoms with Crippen molar-refractivity contribution >= 4 is 22.3 Å². The van der Waals surface area contributed by atoms with Crippen LogP contribution >= 0.6 is 0 Å². The van der Waals surface area contributed by atoms with Crippen LogP contribution in [0.25, 0.3) is 0 Å². The molecule has 0 aromatic rings. The molecule has 1 N–H and O–H groups in total. The van der Waals surface area contributed by atoms with Crippen LogP contribution in [0.5, 0.6) is 0 Å². The van der Waals surface area contributed by atoms with Gasteiger partial charge in [0.25, 0.3) is 8.32 Å². The maximum atomic E-state index is 5.72. The first-order valence-electron chi connectivity index (χ1n) is 6.70. The van der Waals surface area contributed by atoms with E-state index in [1.807, 2.05) is 0 Å². The molecular weight excluding hydrogens is 244 g/mol. The van der Waals surface area contributed by atoms with Crippen LogP contribution in [0, 0.1) is 0 Å². The first-order valence-corrected chi connectivity index (χ1v) is 13.6. The second kappa shape index (κ2) is 5.67. The Morgan fingerprint density at radius 3 is 2.29 bits per heavy atom. The Hall–Kier alpha value is -0.136. The third-order valence-electron chi connectivity index (χ3n) is 2.62. The zero-order valence-electron chi connectivity index (χ0n) is 12.3. The second-order valence-electron chi connectivity index (χ2n) is 6.98. The van der Waals surface area contributed by atoms with Gasteiger partial charge in [-0.25, -0.2) is 0 Å². The molecular formula is C12H28N2OSi2. The fourth-order valence-electron chi connectivity index (χ4n) is 1.98. The molecule has 1 aliphatic carbocycles. The van der Waals surface area contributed by atoms with Gasteiger partial charge >= 0.3 is 0 Å². The summed E-state index contributed by atoms with van der Waals surface area (Å²) in [6, 6.07) is 0.465. The zero-order valence-corrected chi connectivity index (χ0v) is 14.3. The lowest BCUT2D eigenvalue weighted by Crippen LogP contribution is -2.52. The molecule has 1 aliphatic rings. The summed E-state index contributed by atoms with van der Waals surface area (Å²) in [6.07, 6.45) is 4.90. The minimum Gasteiger partial charge on any atom is -0.456 e. The Bertz CT molecular complexity index is 279. The summed E-state index contributed by atoms with van der Waals surface area (Å²) < 4.78 is 5.72. The molecule has 0 heterocycles. The first-order chi connectivity index (χ1) is 7.67. The Morgan fingerprint density at radius 2 is 1.76 bits per heavy atom. The minimum atomic E-state index is -1.53.